The van der Waals surface area contributed by atoms with Gasteiger partial charge in [0, 0.05) is 84.4 Å². The number of hydrogen-bond donors (Lipinski definition) is 0. The zero-order valence-electron chi connectivity index (χ0n) is 77.3. The molecule has 145 heavy (non-hydrogen) atoms. The third-order valence-corrected chi connectivity index (χ3v) is 26.1. The summed E-state index contributed by atoms with van der Waals surface area (Å²) in [6.45, 7) is 0. The lowest BCUT2D eigenvalue weighted by molar-refractivity contribution is 0.655. The molecule has 0 amide bonds. The molecule has 0 spiro atoms. The van der Waals surface area contributed by atoms with Gasteiger partial charge in [-0.1, -0.05) is 382 Å². The van der Waals surface area contributed by atoms with Crippen molar-refractivity contribution in [3.8, 4) is 169 Å². The Labute approximate surface area is 828 Å². The largest absolute Gasteiger partial charge is 0.455 e. The number of rotatable bonds is 15. The van der Waals surface area contributed by atoms with E-state index < -0.39 is 0 Å². The van der Waals surface area contributed by atoms with Crippen molar-refractivity contribution in [3.05, 3.63) is 462 Å². The fourth-order valence-electron chi connectivity index (χ4n) is 19.0. The molecule has 18 aromatic carbocycles. The molecule has 0 atom stereocenters. The predicted octanol–water partition coefficient (Wildman–Crippen LogP) is 30.7. The fraction of sp³-hybridized carbons (Fsp3) is 0. The molecule has 19 heteroatoms. The lowest BCUT2D eigenvalue weighted by Crippen LogP contribution is -2.00. The lowest BCUT2D eigenvalue weighted by atomic mass is 9.98. The predicted molar refractivity (Wildman–Crippen MR) is 577 cm³/mol. The second-order valence-electron chi connectivity index (χ2n) is 35.1. The van der Waals surface area contributed by atoms with Crippen molar-refractivity contribution in [1.29, 1.82) is 0 Å². The minimum absolute atomic E-state index is 0.513. The van der Waals surface area contributed by atoms with Gasteiger partial charge in [-0.2, -0.15) is 0 Å². The molecule has 28 aromatic rings. The maximum atomic E-state index is 6.49. The molecule has 0 radical (unpaired) electrons. The summed E-state index contributed by atoms with van der Waals surface area (Å²) in [7, 11) is 0. The molecule has 19 nitrogen and oxygen atoms in total. The SMILES string of the molecule is c1ccc(-c2ccc(-c3nc(-c4ccccc4)nc(-c4ccc(-c5ccc6c(ccc7oc8nc9cccnc9nc8c76)c5)cc4)n3)cc2)cc1.c1ccc(-c2ccc(-c3nc(-c4ccccc4)nc(-c4cccc(-c5cc6cncnc6c6c5oc5ccccc56)c4)n3)cc2)cc1.c1ccc(-c2ccc(-c3nc(-c4ccccc4)nc(-c4cccc(-c5ncnc6c5oc5ccc7ccccc7c56)c4)n3)cc2)cc1. The molecule has 0 bridgehead atoms. The number of hydrogen-bond acceptors (Lipinski definition) is 19. The number of fused-ring (bicyclic) bond motifs is 16. The topological polar surface area (TPSA) is 246 Å². The third-order valence-electron chi connectivity index (χ3n) is 26.1. The highest BCUT2D eigenvalue weighted by molar-refractivity contribution is 6.22. The van der Waals surface area contributed by atoms with E-state index in [1.165, 1.54) is 5.56 Å². The highest BCUT2D eigenvalue weighted by atomic mass is 16.3. The molecule has 10 aromatic heterocycles. The number of nitrogens with zero attached hydrogens (tertiary/aromatic N) is 16. The molecule has 10 heterocycles. The second kappa shape index (κ2) is 37.0. The van der Waals surface area contributed by atoms with Crippen molar-refractivity contribution >= 4 is 110 Å². The molecule has 28 rings (SSSR count). The van der Waals surface area contributed by atoms with E-state index in [0.29, 0.717) is 80.6 Å². The minimum Gasteiger partial charge on any atom is -0.455 e. The smallest absolute Gasteiger partial charge is 0.247 e. The highest BCUT2D eigenvalue weighted by Gasteiger charge is 2.25. The zero-order chi connectivity index (χ0) is 96.0. The van der Waals surface area contributed by atoms with E-state index in [9.17, 15) is 0 Å². The summed E-state index contributed by atoms with van der Waals surface area (Å²) in [5, 5.41) is 9.27. The Hall–Kier alpha value is -20.2. The van der Waals surface area contributed by atoms with Crippen LogP contribution in [0.15, 0.2) is 475 Å². The van der Waals surface area contributed by atoms with Gasteiger partial charge in [-0.3, -0.25) is 0 Å². The van der Waals surface area contributed by atoms with E-state index in [2.05, 4.69) is 231 Å². The van der Waals surface area contributed by atoms with Crippen molar-refractivity contribution < 1.29 is 13.3 Å². The van der Waals surface area contributed by atoms with E-state index >= 15 is 0 Å². The molecule has 0 aliphatic heterocycles. The summed E-state index contributed by atoms with van der Waals surface area (Å²) < 4.78 is 19.0. The van der Waals surface area contributed by atoms with Gasteiger partial charge in [-0.15, -0.1) is 0 Å². The van der Waals surface area contributed by atoms with Crippen molar-refractivity contribution in [2.75, 3.05) is 0 Å². The lowest BCUT2D eigenvalue weighted by Gasteiger charge is -2.11. The Bertz CT molecular complexity index is 9800. The quantitative estimate of drug-likeness (QED) is 0.0925. The number of para-hydroxylation sites is 1. The van der Waals surface area contributed by atoms with Crippen molar-refractivity contribution in [2.24, 2.45) is 0 Å². The fourth-order valence-corrected chi connectivity index (χ4v) is 19.0. The van der Waals surface area contributed by atoms with Gasteiger partial charge in [0.25, 0.3) is 0 Å². The average Bonchev–Trinajstić information content (AvgIpc) is 1.60. The number of aromatic nitrogens is 16. The van der Waals surface area contributed by atoms with Crippen LogP contribution in [0.2, 0.25) is 0 Å². The number of benzene rings is 18. The van der Waals surface area contributed by atoms with Crippen LogP contribution in [0.4, 0.5) is 0 Å². The number of furan rings is 3. The Morgan fingerprint density at radius 1 is 0.186 bits per heavy atom. The van der Waals surface area contributed by atoms with Crippen LogP contribution in [-0.4, -0.2) is 79.7 Å². The van der Waals surface area contributed by atoms with Gasteiger partial charge in [-0.05, 0) is 126 Å². The molecular formula is C126H76N16O3. The van der Waals surface area contributed by atoms with Crippen LogP contribution in [0.1, 0.15) is 0 Å². The summed E-state index contributed by atoms with van der Waals surface area (Å²) in [5.74, 6) is 5.48. The summed E-state index contributed by atoms with van der Waals surface area (Å²) >= 11 is 0. The Balaban J connectivity index is 0.000000111. The summed E-state index contributed by atoms with van der Waals surface area (Å²) in [6, 6.07) is 148. The van der Waals surface area contributed by atoms with Gasteiger partial charge in [0.05, 0.1) is 21.7 Å². The van der Waals surface area contributed by atoms with Crippen LogP contribution in [0, 0.1) is 0 Å². The molecule has 0 aliphatic carbocycles. The van der Waals surface area contributed by atoms with Crippen molar-refractivity contribution in [3.63, 3.8) is 0 Å². The van der Waals surface area contributed by atoms with Crippen molar-refractivity contribution in [1.82, 2.24) is 79.7 Å². The van der Waals surface area contributed by atoms with E-state index in [1.807, 2.05) is 237 Å². The summed E-state index contributed by atoms with van der Waals surface area (Å²) in [6.07, 6.45) is 6.77. The van der Waals surface area contributed by atoms with E-state index in [-0.39, 0.29) is 0 Å². The van der Waals surface area contributed by atoms with Gasteiger partial charge in [0.1, 0.15) is 57.2 Å². The van der Waals surface area contributed by atoms with E-state index in [0.717, 1.165) is 193 Å². The van der Waals surface area contributed by atoms with Gasteiger partial charge in [0.15, 0.2) is 63.6 Å². The van der Waals surface area contributed by atoms with Crippen LogP contribution < -0.4 is 0 Å². The molecule has 0 aliphatic rings. The first-order valence-corrected chi connectivity index (χ1v) is 47.5. The zero-order valence-corrected chi connectivity index (χ0v) is 77.3. The van der Waals surface area contributed by atoms with Crippen molar-refractivity contribution in [2.45, 2.75) is 0 Å². The van der Waals surface area contributed by atoms with E-state index in [4.69, 9.17) is 68.1 Å². The monoisotopic (exact) mass is 1860 g/mol. The first kappa shape index (κ1) is 85.3. The molecule has 0 saturated heterocycles. The van der Waals surface area contributed by atoms with Crippen LogP contribution in [0.25, 0.3) is 279 Å². The number of pyridine rings is 1. The van der Waals surface area contributed by atoms with Gasteiger partial charge < -0.3 is 13.3 Å². The average molecular weight is 1860 g/mol. The minimum atomic E-state index is 0.513. The van der Waals surface area contributed by atoms with Gasteiger partial charge >= 0.3 is 0 Å². The molecule has 0 saturated carbocycles. The first-order valence-electron chi connectivity index (χ1n) is 47.5. The van der Waals surface area contributed by atoms with Crippen LogP contribution in [0.5, 0.6) is 0 Å². The Morgan fingerprint density at radius 2 is 0.566 bits per heavy atom. The third kappa shape index (κ3) is 16.6. The van der Waals surface area contributed by atoms with E-state index in [1.54, 1.807) is 18.9 Å². The molecule has 0 fully saturated rings. The van der Waals surface area contributed by atoms with Crippen LogP contribution >= 0.6 is 0 Å². The Kier molecular flexibility index (Phi) is 21.7. The maximum Gasteiger partial charge on any atom is 0.247 e. The Morgan fingerprint density at radius 3 is 1.09 bits per heavy atom. The van der Waals surface area contributed by atoms with Crippen LogP contribution in [0.3, 0.4) is 0 Å². The normalized spacial score (nSPS) is 11.4. The molecular weight excluding hydrogens is 1790 g/mol. The summed E-state index contributed by atoms with van der Waals surface area (Å²) in [4.78, 5) is 76.8. The standard InChI is InChI=1S/C44H26N6O.2C41H25N5O/c1-3-8-27(9-4-1)28-13-17-31(18-14-28)41-48-40(30-10-5-2-6-11-30)49-42(50-41)32-19-15-29(16-20-32)33-21-23-35-34(26-33)22-24-37-38(35)39-44(51-37)46-36-12-7-25-45-43(36)47-39;1-3-10-26(11-4-1)27-18-20-30(21-19-27)40-44-39(29-13-5-2-6-14-29)45-41(46-40)32-16-9-15-31(24-32)36-38-37(43-25-42-36)35-33-17-8-7-12-28(33)22-23-34(35)47-38;1-3-10-26(11-4-1)27-18-20-29(21-19-27)40-44-39(28-12-5-2-6-13-28)45-41(46-40)31-15-9-14-30(22-31)34-23-32-24-42-25-43-37(32)36-33-16-7-8-17-35(33)47-38(34)36/h1-26H;2*1-25H. The maximum absolute atomic E-state index is 6.49. The van der Waals surface area contributed by atoms with Gasteiger partial charge in [-0.25, -0.2) is 79.7 Å². The highest BCUT2D eigenvalue weighted by Crippen LogP contribution is 2.45. The first-order chi connectivity index (χ1) is 71.8. The second-order valence-corrected chi connectivity index (χ2v) is 35.1. The van der Waals surface area contributed by atoms with Gasteiger partial charge in [0.2, 0.25) is 5.71 Å². The molecule has 0 N–H and O–H groups in total. The van der Waals surface area contributed by atoms with Crippen LogP contribution in [-0.2, 0) is 0 Å². The molecule has 0 unspecified atom stereocenters. The molecule has 678 valence electrons. The summed E-state index contributed by atoms with van der Waals surface area (Å²) in [5.41, 5.74) is 28.8.